The van der Waals surface area contributed by atoms with E-state index in [0.717, 1.165) is 0 Å². The molecule has 1 aromatic carbocycles. The zero-order valence-corrected chi connectivity index (χ0v) is 13.0. The van der Waals surface area contributed by atoms with Crippen LogP contribution in [0.3, 0.4) is 0 Å². The van der Waals surface area contributed by atoms with Crippen molar-refractivity contribution in [2.75, 3.05) is 12.0 Å². The van der Waals surface area contributed by atoms with E-state index in [2.05, 4.69) is 4.98 Å². The van der Waals surface area contributed by atoms with Gasteiger partial charge in [0.1, 0.15) is 21.2 Å². The zero-order chi connectivity index (χ0) is 15.8. The highest BCUT2D eigenvalue weighted by Crippen LogP contribution is 2.24. The van der Waals surface area contributed by atoms with Crippen molar-refractivity contribution in [1.29, 1.82) is 0 Å². The minimum absolute atomic E-state index is 0.00449. The SMILES string of the molecule is CC(C)c1nc2c(C(=O)O)cccc2n1CCS(C)(=O)=O. The van der Waals surface area contributed by atoms with Gasteiger partial charge in [0.15, 0.2) is 0 Å². The van der Waals surface area contributed by atoms with Crippen LogP contribution in [0.2, 0.25) is 0 Å². The molecule has 0 bridgehead atoms. The molecule has 21 heavy (non-hydrogen) atoms. The molecule has 114 valence electrons. The lowest BCUT2D eigenvalue weighted by Crippen LogP contribution is -2.14. The lowest BCUT2D eigenvalue weighted by Gasteiger charge is -2.10. The summed E-state index contributed by atoms with van der Waals surface area (Å²) in [6.45, 7) is 4.16. The van der Waals surface area contributed by atoms with Crippen LogP contribution in [0.15, 0.2) is 18.2 Å². The highest BCUT2D eigenvalue weighted by Gasteiger charge is 2.19. The number of para-hydroxylation sites is 1. The number of aromatic carboxylic acids is 1. The van der Waals surface area contributed by atoms with Crippen molar-refractivity contribution in [3.63, 3.8) is 0 Å². The van der Waals surface area contributed by atoms with Crippen LogP contribution in [0, 0.1) is 0 Å². The fourth-order valence-electron chi connectivity index (χ4n) is 2.27. The summed E-state index contributed by atoms with van der Waals surface area (Å²) in [5.74, 6) is -0.278. The van der Waals surface area contributed by atoms with E-state index in [-0.39, 0.29) is 23.8 Å². The molecule has 0 aliphatic rings. The first-order valence-corrected chi connectivity index (χ1v) is 8.67. The average Bonchev–Trinajstić information content (AvgIpc) is 2.73. The van der Waals surface area contributed by atoms with Crippen LogP contribution in [-0.2, 0) is 16.4 Å². The number of aryl methyl sites for hydroxylation is 1. The molecule has 0 spiro atoms. The molecule has 1 heterocycles. The second-order valence-corrected chi connectivity index (χ2v) is 7.64. The topological polar surface area (TPSA) is 89.3 Å². The van der Waals surface area contributed by atoms with Crippen LogP contribution in [-0.4, -0.2) is 41.1 Å². The summed E-state index contributed by atoms with van der Waals surface area (Å²) in [5.41, 5.74) is 1.19. The van der Waals surface area contributed by atoms with E-state index in [4.69, 9.17) is 0 Å². The summed E-state index contributed by atoms with van der Waals surface area (Å²) in [5, 5.41) is 9.24. The van der Waals surface area contributed by atoms with E-state index in [1.807, 2.05) is 13.8 Å². The predicted molar refractivity (Wildman–Crippen MR) is 80.5 cm³/mol. The average molecular weight is 310 g/mol. The van der Waals surface area contributed by atoms with Gasteiger partial charge in [0.05, 0.1) is 16.8 Å². The molecule has 0 aliphatic carbocycles. The number of fused-ring (bicyclic) bond motifs is 1. The Morgan fingerprint density at radius 2 is 2.05 bits per heavy atom. The molecule has 1 aromatic heterocycles. The largest absolute Gasteiger partial charge is 0.478 e. The summed E-state index contributed by atoms with van der Waals surface area (Å²) in [7, 11) is -3.10. The number of benzene rings is 1. The maximum atomic E-state index is 11.4. The van der Waals surface area contributed by atoms with E-state index >= 15 is 0 Å². The lowest BCUT2D eigenvalue weighted by molar-refractivity contribution is 0.0699. The summed E-state index contributed by atoms with van der Waals surface area (Å²) in [6, 6.07) is 4.92. The smallest absolute Gasteiger partial charge is 0.337 e. The van der Waals surface area contributed by atoms with Crippen LogP contribution < -0.4 is 0 Å². The molecule has 6 nitrogen and oxygen atoms in total. The molecular weight excluding hydrogens is 292 g/mol. The Morgan fingerprint density at radius 1 is 1.38 bits per heavy atom. The van der Waals surface area contributed by atoms with Crippen molar-refractivity contribution in [3.05, 3.63) is 29.6 Å². The number of carbonyl (C=O) groups is 1. The number of nitrogens with zero attached hydrogens (tertiary/aromatic N) is 2. The van der Waals surface area contributed by atoms with Crippen molar-refractivity contribution in [2.45, 2.75) is 26.3 Å². The molecule has 7 heteroatoms. The lowest BCUT2D eigenvalue weighted by atomic mass is 10.2. The number of imidazole rings is 1. The number of carboxylic acid groups (broad SMARTS) is 1. The molecule has 2 rings (SSSR count). The molecule has 0 amide bonds. The molecule has 0 fully saturated rings. The third-order valence-electron chi connectivity index (χ3n) is 3.24. The Labute approximate surface area is 123 Å². The quantitative estimate of drug-likeness (QED) is 0.911. The molecular formula is C14H18N2O4S. The molecule has 2 aromatic rings. The fourth-order valence-corrected chi connectivity index (χ4v) is 2.78. The van der Waals surface area contributed by atoms with E-state index < -0.39 is 15.8 Å². The van der Waals surface area contributed by atoms with Crippen LogP contribution >= 0.6 is 0 Å². The minimum atomic E-state index is -3.10. The van der Waals surface area contributed by atoms with Gasteiger partial charge >= 0.3 is 5.97 Å². The predicted octanol–water partition coefficient (Wildman–Crippen LogP) is 1.90. The van der Waals surface area contributed by atoms with Gasteiger partial charge in [-0.15, -0.1) is 0 Å². The fraction of sp³-hybridized carbons (Fsp3) is 0.429. The van der Waals surface area contributed by atoms with Crippen LogP contribution in [0.25, 0.3) is 11.0 Å². The number of hydrogen-bond acceptors (Lipinski definition) is 4. The molecule has 0 saturated heterocycles. The van der Waals surface area contributed by atoms with Crippen molar-refractivity contribution >= 4 is 26.8 Å². The van der Waals surface area contributed by atoms with Crippen molar-refractivity contribution in [1.82, 2.24) is 9.55 Å². The minimum Gasteiger partial charge on any atom is -0.478 e. The molecule has 0 radical (unpaired) electrons. The maximum Gasteiger partial charge on any atom is 0.337 e. The molecule has 1 N–H and O–H groups in total. The van der Waals surface area contributed by atoms with Gasteiger partial charge in [0.2, 0.25) is 0 Å². The van der Waals surface area contributed by atoms with E-state index in [1.165, 1.54) is 12.3 Å². The van der Waals surface area contributed by atoms with Gasteiger partial charge in [-0.25, -0.2) is 18.2 Å². The van der Waals surface area contributed by atoms with Crippen LogP contribution in [0.4, 0.5) is 0 Å². The van der Waals surface area contributed by atoms with Crippen molar-refractivity contribution in [2.24, 2.45) is 0 Å². The third kappa shape index (κ3) is 3.24. The van der Waals surface area contributed by atoms with Gasteiger partial charge in [0.25, 0.3) is 0 Å². The second-order valence-electron chi connectivity index (χ2n) is 5.38. The summed E-state index contributed by atoms with van der Waals surface area (Å²) >= 11 is 0. The van der Waals surface area contributed by atoms with Crippen LogP contribution in [0.1, 0.15) is 35.9 Å². The summed E-state index contributed by atoms with van der Waals surface area (Å²) in [4.78, 5) is 15.7. The number of sulfone groups is 1. The Bertz CT molecular complexity index is 791. The van der Waals surface area contributed by atoms with Gasteiger partial charge in [-0.3, -0.25) is 0 Å². The van der Waals surface area contributed by atoms with Crippen molar-refractivity contribution < 1.29 is 18.3 Å². The van der Waals surface area contributed by atoms with E-state index in [1.54, 1.807) is 16.7 Å². The Morgan fingerprint density at radius 3 is 2.57 bits per heavy atom. The van der Waals surface area contributed by atoms with Crippen LogP contribution in [0.5, 0.6) is 0 Å². The van der Waals surface area contributed by atoms with Gasteiger partial charge < -0.3 is 9.67 Å². The van der Waals surface area contributed by atoms with Gasteiger partial charge in [-0.2, -0.15) is 0 Å². The van der Waals surface area contributed by atoms with E-state index in [0.29, 0.717) is 16.9 Å². The summed E-state index contributed by atoms with van der Waals surface area (Å²) in [6.07, 6.45) is 1.18. The molecule has 0 saturated carbocycles. The number of carboxylic acids is 1. The zero-order valence-electron chi connectivity index (χ0n) is 12.2. The third-order valence-corrected chi connectivity index (χ3v) is 4.17. The molecule has 0 unspecified atom stereocenters. The first-order chi connectivity index (χ1) is 9.70. The van der Waals surface area contributed by atoms with E-state index in [9.17, 15) is 18.3 Å². The Kier molecular flexibility index (Phi) is 4.04. The standard InChI is InChI=1S/C14H18N2O4S/c1-9(2)13-15-12-10(14(17)18)5-4-6-11(12)16(13)7-8-21(3,19)20/h4-6,9H,7-8H2,1-3H3,(H,17,18). The molecule has 0 aliphatic heterocycles. The normalized spacial score (nSPS) is 12.2. The summed E-state index contributed by atoms with van der Waals surface area (Å²) < 4.78 is 24.6. The Hall–Kier alpha value is -1.89. The number of aromatic nitrogens is 2. The van der Waals surface area contributed by atoms with Gasteiger partial charge in [-0.1, -0.05) is 19.9 Å². The first-order valence-electron chi connectivity index (χ1n) is 6.61. The molecule has 0 atom stereocenters. The monoisotopic (exact) mass is 310 g/mol. The number of hydrogen-bond donors (Lipinski definition) is 1. The van der Waals surface area contributed by atoms with Gasteiger partial charge in [-0.05, 0) is 12.1 Å². The highest BCUT2D eigenvalue weighted by atomic mass is 32.2. The first kappa shape index (κ1) is 15.5. The van der Waals surface area contributed by atoms with Crippen molar-refractivity contribution in [3.8, 4) is 0 Å². The Balaban J connectivity index is 2.63. The number of rotatable bonds is 5. The highest BCUT2D eigenvalue weighted by molar-refractivity contribution is 7.90. The maximum absolute atomic E-state index is 11.4. The van der Waals surface area contributed by atoms with Gasteiger partial charge in [0, 0.05) is 18.7 Å². The second kappa shape index (κ2) is 5.48.